The third-order valence-corrected chi connectivity index (χ3v) is 2.72. The number of nitrogens with zero attached hydrogens (tertiary/aromatic N) is 1. The van der Waals surface area contributed by atoms with E-state index in [1.54, 1.807) is 12.3 Å². The van der Waals surface area contributed by atoms with Gasteiger partial charge in [0, 0.05) is 18.3 Å². The van der Waals surface area contributed by atoms with Gasteiger partial charge >= 0.3 is 0 Å². The van der Waals surface area contributed by atoms with Crippen molar-refractivity contribution in [3.8, 4) is 5.75 Å². The Morgan fingerprint density at radius 3 is 2.44 bits per heavy atom. The number of benzene rings is 1. The van der Waals surface area contributed by atoms with Gasteiger partial charge in [0.15, 0.2) is 0 Å². The molecule has 0 spiro atoms. The molecule has 0 aliphatic rings. The SMILES string of the molecule is CNCc1ccc(OCc2ccc(Cl)nc2)cc1. The Morgan fingerprint density at radius 1 is 1.11 bits per heavy atom. The minimum atomic E-state index is 0.496. The molecule has 18 heavy (non-hydrogen) atoms. The van der Waals surface area contributed by atoms with Gasteiger partial charge in [0.25, 0.3) is 0 Å². The zero-order valence-electron chi connectivity index (χ0n) is 10.2. The van der Waals surface area contributed by atoms with E-state index < -0.39 is 0 Å². The molecule has 1 aromatic heterocycles. The summed E-state index contributed by atoms with van der Waals surface area (Å²) in [5, 5.41) is 3.60. The van der Waals surface area contributed by atoms with Crippen LogP contribution < -0.4 is 10.1 Å². The molecule has 1 heterocycles. The third-order valence-electron chi connectivity index (χ3n) is 2.50. The van der Waals surface area contributed by atoms with Crippen LogP contribution in [0.25, 0.3) is 0 Å². The Bertz CT molecular complexity index is 482. The maximum absolute atomic E-state index is 5.72. The van der Waals surface area contributed by atoms with E-state index in [1.165, 1.54) is 5.56 Å². The lowest BCUT2D eigenvalue weighted by Gasteiger charge is -2.07. The molecule has 0 fully saturated rings. The number of halogens is 1. The first-order valence-electron chi connectivity index (χ1n) is 5.74. The molecule has 0 amide bonds. The quantitative estimate of drug-likeness (QED) is 0.841. The number of rotatable bonds is 5. The average molecular weight is 263 g/mol. The predicted octanol–water partition coefficient (Wildman–Crippen LogP) is 3.03. The summed E-state index contributed by atoms with van der Waals surface area (Å²) in [5.41, 5.74) is 2.23. The molecule has 0 saturated heterocycles. The van der Waals surface area contributed by atoms with Crippen LogP contribution in [-0.2, 0) is 13.2 Å². The normalized spacial score (nSPS) is 10.3. The van der Waals surface area contributed by atoms with Crippen molar-refractivity contribution in [2.75, 3.05) is 7.05 Å². The molecule has 1 aromatic carbocycles. The lowest BCUT2D eigenvalue weighted by atomic mass is 10.2. The molecule has 94 valence electrons. The zero-order valence-corrected chi connectivity index (χ0v) is 10.9. The summed E-state index contributed by atoms with van der Waals surface area (Å²) in [6.07, 6.45) is 1.72. The molecule has 0 saturated carbocycles. The minimum absolute atomic E-state index is 0.496. The van der Waals surface area contributed by atoms with E-state index in [0.29, 0.717) is 11.8 Å². The van der Waals surface area contributed by atoms with E-state index in [1.807, 2.05) is 37.4 Å². The van der Waals surface area contributed by atoms with Crippen LogP contribution in [0.15, 0.2) is 42.6 Å². The van der Waals surface area contributed by atoms with Gasteiger partial charge in [0.05, 0.1) is 0 Å². The lowest BCUT2D eigenvalue weighted by Crippen LogP contribution is -2.04. The van der Waals surface area contributed by atoms with E-state index in [0.717, 1.165) is 17.9 Å². The van der Waals surface area contributed by atoms with Crippen LogP contribution in [0.1, 0.15) is 11.1 Å². The van der Waals surface area contributed by atoms with Crippen LogP contribution in [0.2, 0.25) is 5.15 Å². The van der Waals surface area contributed by atoms with E-state index in [9.17, 15) is 0 Å². The summed E-state index contributed by atoms with van der Waals surface area (Å²) in [6, 6.07) is 11.7. The summed E-state index contributed by atoms with van der Waals surface area (Å²) in [5.74, 6) is 0.852. The highest BCUT2D eigenvalue weighted by Gasteiger charge is 1.97. The summed E-state index contributed by atoms with van der Waals surface area (Å²) < 4.78 is 5.66. The second-order valence-electron chi connectivity index (χ2n) is 3.95. The third kappa shape index (κ3) is 3.72. The van der Waals surface area contributed by atoms with E-state index in [2.05, 4.69) is 10.3 Å². The van der Waals surface area contributed by atoms with Crippen molar-refractivity contribution >= 4 is 11.6 Å². The molecule has 0 atom stereocenters. The summed E-state index contributed by atoms with van der Waals surface area (Å²) in [4.78, 5) is 4.01. The van der Waals surface area contributed by atoms with Crippen molar-refractivity contribution in [1.29, 1.82) is 0 Å². The average Bonchev–Trinajstić information content (AvgIpc) is 2.40. The van der Waals surface area contributed by atoms with Gasteiger partial charge in [-0.1, -0.05) is 29.8 Å². The smallest absolute Gasteiger partial charge is 0.129 e. The number of nitrogens with one attached hydrogen (secondary N) is 1. The highest BCUT2D eigenvalue weighted by Crippen LogP contribution is 2.14. The van der Waals surface area contributed by atoms with Gasteiger partial charge in [-0.05, 0) is 30.8 Å². The second kappa shape index (κ2) is 6.38. The van der Waals surface area contributed by atoms with Crippen LogP contribution >= 0.6 is 11.6 Å². The lowest BCUT2D eigenvalue weighted by molar-refractivity contribution is 0.305. The zero-order chi connectivity index (χ0) is 12.8. The maximum atomic E-state index is 5.72. The van der Waals surface area contributed by atoms with Crippen LogP contribution in [-0.4, -0.2) is 12.0 Å². The molecule has 0 aliphatic carbocycles. The van der Waals surface area contributed by atoms with Crippen LogP contribution in [0, 0.1) is 0 Å². The van der Waals surface area contributed by atoms with Gasteiger partial charge in [-0.2, -0.15) is 0 Å². The Balaban J connectivity index is 1.91. The van der Waals surface area contributed by atoms with Crippen molar-refractivity contribution < 1.29 is 4.74 Å². The standard InChI is InChI=1S/C14H15ClN2O/c1-16-8-11-2-5-13(6-3-11)18-10-12-4-7-14(15)17-9-12/h2-7,9,16H,8,10H2,1H3. The highest BCUT2D eigenvalue weighted by molar-refractivity contribution is 6.29. The fourth-order valence-corrected chi connectivity index (χ4v) is 1.68. The first-order chi connectivity index (χ1) is 8.78. The molecular formula is C14H15ClN2O. The van der Waals surface area contributed by atoms with Crippen molar-refractivity contribution in [3.05, 3.63) is 58.9 Å². The second-order valence-corrected chi connectivity index (χ2v) is 4.34. The van der Waals surface area contributed by atoms with Gasteiger partial charge in [-0.15, -0.1) is 0 Å². The van der Waals surface area contributed by atoms with Crippen molar-refractivity contribution in [2.45, 2.75) is 13.2 Å². The predicted molar refractivity (Wildman–Crippen MR) is 72.8 cm³/mol. The molecule has 0 radical (unpaired) electrons. The summed E-state index contributed by atoms with van der Waals surface area (Å²) >= 11 is 5.72. The molecule has 1 N–H and O–H groups in total. The number of hydrogen-bond acceptors (Lipinski definition) is 3. The fourth-order valence-electron chi connectivity index (χ4n) is 1.57. The van der Waals surface area contributed by atoms with Crippen molar-refractivity contribution in [2.24, 2.45) is 0 Å². The number of pyridine rings is 1. The first kappa shape index (κ1) is 12.9. The van der Waals surface area contributed by atoms with Gasteiger partial charge in [0.2, 0.25) is 0 Å². The molecule has 2 aromatic rings. The van der Waals surface area contributed by atoms with Gasteiger partial charge in [0.1, 0.15) is 17.5 Å². The Morgan fingerprint density at radius 2 is 1.83 bits per heavy atom. The van der Waals surface area contributed by atoms with E-state index >= 15 is 0 Å². The minimum Gasteiger partial charge on any atom is -0.489 e. The van der Waals surface area contributed by atoms with Crippen molar-refractivity contribution in [3.63, 3.8) is 0 Å². The van der Waals surface area contributed by atoms with Gasteiger partial charge < -0.3 is 10.1 Å². The topological polar surface area (TPSA) is 34.1 Å². The fraction of sp³-hybridized carbons (Fsp3) is 0.214. The molecule has 3 nitrogen and oxygen atoms in total. The van der Waals surface area contributed by atoms with Gasteiger partial charge in [-0.25, -0.2) is 4.98 Å². The maximum Gasteiger partial charge on any atom is 0.129 e. The molecule has 0 unspecified atom stereocenters. The molecule has 4 heteroatoms. The molecule has 0 aliphatic heterocycles. The highest BCUT2D eigenvalue weighted by atomic mass is 35.5. The Kier molecular flexibility index (Phi) is 4.56. The molecule has 0 bridgehead atoms. The van der Waals surface area contributed by atoms with Gasteiger partial charge in [-0.3, -0.25) is 0 Å². The van der Waals surface area contributed by atoms with Crippen molar-refractivity contribution in [1.82, 2.24) is 10.3 Å². The number of aromatic nitrogens is 1. The van der Waals surface area contributed by atoms with Crippen LogP contribution in [0.4, 0.5) is 0 Å². The largest absolute Gasteiger partial charge is 0.489 e. The Labute approximate surface area is 112 Å². The Hall–Kier alpha value is -1.58. The monoisotopic (exact) mass is 262 g/mol. The number of ether oxygens (including phenoxy) is 1. The number of hydrogen-bond donors (Lipinski definition) is 1. The van der Waals surface area contributed by atoms with Crippen LogP contribution in [0.5, 0.6) is 5.75 Å². The summed E-state index contributed by atoms with van der Waals surface area (Å²) in [6.45, 7) is 1.36. The van der Waals surface area contributed by atoms with E-state index in [4.69, 9.17) is 16.3 Å². The molecule has 2 rings (SSSR count). The van der Waals surface area contributed by atoms with E-state index in [-0.39, 0.29) is 0 Å². The molecular weight excluding hydrogens is 248 g/mol. The van der Waals surface area contributed by atoms with Crippen LogP contribution in [0.3, 0.4) is 0 Å². The summed E-state index contributed by atoms with van der Waals surface area (Å²) in [7, 11) is 1.93. The first-order valence-corrected chi connectivity index (χ1v) is 6.12.